The quantitative estimate of drug-likeness (QED) is 0.728. The fraction of sp³-hybridized carbons (Fsp3) is 1.00. The highest BCUT2D eigenvalue weighted by Crippen LogP contribution is 2.23. The molecule has 1 aliphatic carbocycles. The van der Waals surface area contributed by atoms with Crippen molar-refractivity contribution in [1.29, 1.82) is 0 Å². The second kappa shape index (κ2) is 5.28. The van der Waals surface area contributed by atoms with Gasteiger partial charge >= 0.3 is 0 Å². The van der Waals surface area contributed by atoms with Gasteiger partial charge in [-0.25, -0.2) is 0 Å². The van der Waals surface area contributed by atoms with Crippen molar-refractivity contribution in [2.75, 3.05) is 40.3 Å². The molecule has 2 rings (SSSR count). The van der Waals surface area contributed by atoms with Gasteiger partial charge in [0.05, 0.1) is 0 Å². The van der Waals surface area contributed by atoms with Crippen LogP contribution in [0.4, 0.5) is 0 Å². The van der Waals surface area contributed by atoms with Crippen LogP contribution in [0.3, 0.4) is 0 Å². The van der Waals surface area contributed by atoms with Gasteiger partial charge in [0.25, 0.3) is 0 Å². The molecule has 0 amide bonds. The lowest BCUT2D eigenvalue weighted by molar-refractivity contribution is 0.0837. The molecule has 2 atom stereocenters. The molecule has 0 aromatic carbocycles. The van der Waals surface area contributed by atoms with Gasteiger partial charge in [0.15, 0.2) is 0 Å². The predicted octanol–water partition coefficient (Wildman–Crippen LogP) is 0.764. The van der Waals surface area contributed by atoms with Crippen LogP contribution in [0.5, 0.6) is 0 Å². The van der Waals surface area contributed by atoms with Crippen molar-refractivity contribution in [3.63, 3.8) is 0 Å². The zero-order valence-electron chi connectivity index (χ0n) is 10.2. The van der Waals surface area contributed by atoms with Gasteiger partial charge in [-0.1, -0.05) is 6.42 Å². The molecule has 1 saturated heterocycles. The van der Waals surface area contributed by atoms with Gasteiger partial charge in [-0.15, -0.1) is 0 Å². The maximum Gasteiger partial charge on any atom is 0.0113 e. The second-order valence-electron chi connectivity index (χ2n) is 5.15. The van der Waals surface area contributed by atoms with E-state index in [0.29, 0.717) is 0 Å². The summed E-state index contributed by atoms with van der Waals surface area (Å²) in [5.74, 6) is 0. The lowest BCUT2D eigenvalue weighted by Crippen LogP contribution is -2.51. The molecule has 0 bridgehead atoms. The average Bonchev–Trinajstić information content (AvgIpc) is 2.30. The van der Waals surface area contributed by atoms with Gasteiger partial charge in [0.2, 0.25) is 0 Å². The number of piperazine rings is 1. The molecule has 1 saturated carbocycles. The van der Waals surface area contributed by atoms with E-state index in [1.54, 1.807) is 0 Å². The number of rotatable bonds is 2. The van der Waals surface area contributed by atoms with Crippen LogP contribution in [0.25, 0.3) is 0 Å². The van der Waals surface area contributed by atoms with Crippen LogP contribution in [0, 0.1) is 0 Å². The molecule has 0 spiro atoms. The first-order valence-electron chi connectivity index (χ1n) is 6.39. The number of nitrogens with one attached hydrogen (secondary N) is 1. The summed E-state index contributed by atoms with van der Waals surface area (Å²) in [7, 11) is 4.34. The fourth-order valence-corrected chi connectivity index (χ4v) is 2.94. The Balaban J connectivity index is 1.82. The minimum absolute atomic E-state index is 0.767. The van der Waals surface area contributed by atoms with Crippen LogP contribution in [-0.2, 0) is 0 Å². The van der Waals surface area contributed by atoms with E-state index in [4.69, 9.17) is 0 Å². The molecular formula is C12H25N3. The van der Waals surface area contributed by atoms with E-state index in [0.717, 1.165) is 12.1 Å². The molecule has 88 valence electrons. The monoisotopic (exact) mass is 211 g/mol. The van der Waals surface area contributed by atoms with Crippen LogP contribution in [-0.4, -0.2) is 62.2 Å². The Morgan fingerprint density at radius 1 is 1.07 bits per heavy atom. The van der Waals surface area contributed by atoms with E-state index in [2.05, 4.69) is 29.2 Å². The molecule has 0 aromatic heterocycles. The van der Waals surface area contributed by atoms with Crippen molar-refractivity contribution in [3.05, 3.63) is 0 Å². The first-order chi connectivity index (χ1) is 7.29. The molecule has 15 heavy (non-hydrogen) atoms. The van der Waals surface area contributed by atoms with Crippen LogP contribution >= 0.6 is 0 Å². The van der Waals surface area contributed by atoms with Gasteiger partial charge in [-0.2, -0.15) is 0 Å². The first kappa shape index (κ1) is 11.4. The summed E-state index contributed by atoms with van der Waals surface area (Å²) < 4.78 is 0. The maximum absolute atomic E-state index is 3.44. The lowest BCUT2D eigenvalue weighted by atomic mass is 9.89. The van der Waals surface area contributed by atoms with Gasteiger partial charge in [-0.05, 0) is 33.4 Å². The number of hydrogen-bond acceptors (Lipinski definition) is 3. The normalized spacial score (nSPS) is 35.6. The molecule has 0 radical (unpaired) electrons. The molecule has 2 aliphatic rings. The highest BCUT2D eigenvalue weighted by molar-refractivity contribution is 4.85. The van der Waals surface area contributed by atoms with E-state index in [1.807, 2.05) is 0 Å². The van der Waals surface area contributed by atoms with Crippen molar-refractivity contribution < 1.29 is 0 Å². The third-order valence-electron chi connectivity index (χ3n) is 4.11. The maximum atomic E-state index is 3.44. The Kier molecular flexibility index (Phi) is 4.00. The summed E-state index contributed by atoms with van der Waals surface area (Å²) in [6, 6.07) is 1.62. The zero-order valence-corrected chi connectivity index (χ0v) is 10.2. The topological polar surface area (TPSA) is 18.5 Å². The van der Waals surface area contributed by atoms with E-state index in [9.17, 15) is 0 Å². The highest BCUT2D eigenvalue weighted by Gasteiger charge is 2.27. The van der Waals surface area contributed by atoms with Crippen LogP contribution in [0.1, 0.15) is 25.7 Å². The van der Waals surface area contributed by atoms with Crippen molar-refractivity contribution in [2.45, 2.75) is 37.8 Å². The minimum Gasteiger partial charge on any atom is -0.317 e. The molecule has 2 fully saturated rings. The van der Waals surface area contributed by atoms with E-state index < -0.39 is 0 Å². The van der Waals surface area contributed by atoms with Crippen LogP contribution < -0.4 is 5.32 Å². The first-order valence-corrected chi connectivity index (χ1v) is 6.39. The highest BCUT2D eigenvalue weighted by atomic mass is 15.3. The van der Waals surface area contributed by atoms with Gasteiger partial charge in [-0.3, -0.25) is 4.90 Å². The molecule has 3 nitrogen and oxygen atoms in total. The second-order valence-corrected chi connectivity index (χ2v) is 5.15. The van der Waals surface area contributed by atoms with Gasteiger partial charge < -0.3 is 10.2 Å². The summed E-state index contributed by atoms with van der Waals surface area (Å²) in [5.41, 5.74) is 0. The third kappa shape index (κ3) is 2.92. The Hall–Kier alpha value is -0.120. The summed E-state index contributed by atoms with van der Waals surface area (Å²) >= 11 is 0. The van der Waals surface area contributed by atoms with Crippen molar-refractivity contribution >= 4 is 0 Å². The van der Waals surface area contributed by atoms with Gasteiger partial charge in [0.1, 0.15) is 0 Å². The van der Waals surface area contributed by atoms with Crippen molar-refractivity contribution in [2.24, 2.45) is 0 Å². The molecule has 3 heteroatoms. The standard InChI is InChI=1S/C12H25N3/c1-13-11-4-3-5-12(10-11)15-8-6-14(2)7-9-15/h11-13H,3-10H2,1-2H3/t11-,12+/m1/s1. The van der Waals surface area contributed by atoms with Gasteiger partial charge in [0, 0.05) is 38.3 Å². The molecule has 1 N–H and O–H groups in total. The Labute approximate surface area is 93.8 Å². The van der Waals surface area contributed by atoms with Crippen molar-refractivity contribution in [3.8, 4) is 0 Å². The summed E-state index contributed by atoms with van der Waals surface area (Å²) in [6.45, 7) is 5.05. The molecule has 1 aliphatic heterocycles. The summed E-state index contributed by atoms with van der Waals surface area (Å²) in [6.07, 6.45) is 5.56. The average molecular weight is 211 g/mol. The molecule has 0 aromatic rings. The van der Waals surface area contributed by atoms with E-state index >= 15 is 0 Å². The molecule has 0 unspecified atom stereocenters. The SMILES string of the molecule is CN[C@@H]1CCC[C@H](N2CCN(C)CC2)C1. The Morgan fingerprint density at radius 3 is 2.47 bits per heavy atom. The van der Waals surface area contributed by atoms with E-state index in [-0.39, 0.29) is 0 Å². The smallest absolute Gasteiger partial charge is 0.0113 e. The Bertz CT molecular complexity index is 187. The minimum atomic E-state index is 0.767. The van der Waals surface area contributed by atoms with Crippen LogP contribution in [0.2, 0.25) is 0 Å². The number of hydrogen-bond donors (Lipinski definition) is 1. The van der Waals surface area contributed by atoms with Crippen LogP contribution in [0.15, 0.2) is 0 Å². The molecule has 1 heterocycles. The third-order valence-corrected chi connectivity index (χ3v) is 4.11. The lowest BCUT2D eigenvalue weighted by Gasteiger charge is -2.41. The summed E-state index contributed by atoms with van der Waals surface area (Å²) in [4.78, 5) is 5.15. The Morgan fingerprint density at radius 2 is 1.80 bits per heavy atom. The number of likely N-dealkylation sites (N-methyl/N-ethyl adjacent to an activating group) is 1. The number of nitrogens with zero attached hydrogens (tertiary/aromatic N) is 2. The molecular weight excluding hydrogens is 186 g/mol. The van der Waals surface area contributed by atoms with E-state index in [1.165, 1.54) is 51.9 Å². The largest absolute Gasteiger partial charge is 0.317 e. The fourth-order valence-electron chi connectivity index (χ4n) is 2.94. The zero-order chi connectivity index (χ0) is 10.7. The summed E-state index contributed by atoms with van der Waals surface area (Å²) in [5, 5.41) is 3.44. The van der Waals surface area contributed by atoms with Crippen molar-refractivity contribution in [1.82, 2.24) is 15.1 Å². The predicted molar refractivity (Wildman–Crippen MR) is 64.2 cm³/mol.